The minimum Gasteiger partial charge on any atom is -0.379 e. The van der Waals surface area contributed by atoms with Crippen molar-refractivity contribution in [2.24, 2.45) is 0 Å². The van der Waals surface area contributed by atoms with Gasteiger partial charge in [-0.25, -0.2) is 8.42 Å². The summed E-state index contributed by atoms with van der Waals surface area (Å²) in [5, 5.41) is 1.98. The van der Waals surface area contributed by atoms with Gasteiger partial charge in [0.2, 0.25) is 15.9 Å². The van der Waals surface area contributed by atoms with Gasteiger partial charge in [0.1, 0.15) is 0 Å². The summed E-state index contributed by atoms with van der Waals surface area (Å²) in [5.74, 6) is -0.975. The topological polar surface area (TPSA) is 75.7 Å². The van der Waals surface area contributed by atoms with Crippen molar-refractivity contribution >= 4 is 27.7 Å². The summed E-state index contributed by atoms with van der Waals surface area (Å²) in [6.45, 7) is 1.00. The number of rotatable bonds is 5. The van der Waals surface area contributed by atoms with Crippen LogP contribution in [0, 0.1) is 0 Å². The standard InChI is InChI=1S/C21H18F6N2O4S/c22-20(23,24)15-11-16(21(25,26)27)13-17(12-15)28-19(30)6-3-14-1-4-18(5-2-14)34(31,32)29-7-9-33-10-8-29/h1-6,11-13H,7-10H2,(H,28,30). The summed E-state index contributed by atoms with van der Waals surface area (Å²) in [6.07, 6.45) is -7.95. The van der Waals surface area contributed by atoms with E-state index in [9.17, 15) is 39.6 Å². The fourth-order valence-electron chi connectivity index (χ4n) is 3.07. The molecule has 6 nitrogen and oxygen atoms in total. The Labute approximate surface area is 190 Å². The lowest BCUT2D eigenvalue weighted by molar-refractivity contribution is -0.143. The maximum absolute atomic E-state index is 12.9. The highest BCUT2D eigenvalue weighted by Crippen LogP contribution is 2.37. The highest BCUT2D eigenvalue weighted by molar-refractivity contribution is 7.89. The maximum Gasteiger partial charge on any atom is 0.416 e. The molecule has 0 aromatic heterocycles. The second-order valence-corrected chi connectivity index (χ2v) is 9.14. The Kier molecular flexibility index (Phi) is 7.38. The van der Waals surface area contributed by atoms with Gasteiger partial charge in [0.25, 0.3) is 0 Å². The lowest BCUT2D eigenvalue weighted by atomic mass is 10.1. The Morgan fingerprint density at radius 2 is 1.44 bits per heavy atom. The maximum atomic E-state index is 12.9. The van der Waals surface area contributed by atoms with Crippen molar-refractivity contribution in [3.63, 3.8) is 0 Å². The van der Waals surface area contributed by atoms with Gasteiger partial charge in [0.15, 0.2) is 0 Å². The smallest absolute Gasteiger partial charge is 0.379 e. The third-order valence-electron chi connectivity index (χ3n) is 4.77. The fraction of sp³-hybridized carbons (Fsp3) is 0.286. The second-order valence-electron chi connectivity index (χ2n) is 7.20. The van der Waals surface area contributed by atoms with Gasteiger partial charge in [-0.05, 0) is 42.0 Å². The summed E-state index contributed by atoms with van der Waals surface area (Å²) in [5.41, 5.74) is -3.41. The molecule has 1 N–H and O–H groups in total. The Morgan fingerprint density at radius 1 is 0.912 bits per heavy atom. The van der Waals surface area contributed by atoms with Crippen LogP contribution >= 0.6 is 0 Å². The number of carbonyl (C=O) groups excluding carboxylic acids is 1. The average Bonchev–Trinajstić information content (AvgIpc) is 2.77. The zero-order valence-corrected chi connectivity index (χ0v) is 18.1. The van der Waals surface area contributed by atoms with E-state index >= 15 is 0 Å². The van der Waals surface area contributed by atoms with Gasteiger partial charge in [-0.2, -0.15) is 30.6 Å². The fourth-order valence-corrected chi connectivity index (χ4v) is 4.48. The number of ether oxygens (including phenoxy) is 1. The van der Waals surface area contributed by atoms with Gasteiger partial charge < -0.3 is 10.1 Å². The van der Waals surface area contributed by atoms with Crippen LogP contribution in [0.1, 0.15) is 16.7 Å². The van der Waals surface area contributed by atoms with Crippen molar-refractivity contribution in [2.45, 2.75) is 17.2 Å². The van der Waals surface area contributed by atoms with E-state index in [2.05, 4.69) is 0 Å². The minimum atomic E-state index is -5.04. The summed E-state index contributed by atoms with van der Waals surface area (Å²) in [4.78, 5) is 12.1. The molecule has 3 rings (SSSR count). The molecule has 0 spiro atoms. The summed E-state index contributed by atoms with van der Waals surface area (Å²) in [6, 6.07) is 6.21. The Morgan fingerprint density at radius 3 is 1.94 bits per heavy atom. The van der Waals surface area contributed by atoms with Crippen LogP contribution in [-0.2, 0) is 31.9 Å². The molecule has 1 aliphatic rings. The monoisotopic (exact) mass is 508 g/mol. The van der Waals surface area contributed by atoms with E-state index in [4.69, 9.17) is 4.74 Å². The second kappa shape index (κ2) is 9.76. The molecule has 0 atom stereocenters. The Hall–Kier alpha value is -2.90. The van der Waals surface area contributed by atoms with E-state index in [-0.39, 0.29) is 37.3 Å². The minimum absolute atomic E-state index is 0.0275. The van der Waals surface area contributed by atoms with Crippen molar-refractivity contribution in [1.29, 1.82) is 0 Å². The van der Waals surface area contributed by atoms with Crippen LogP contribution in [0.2, 0.25) is 0 Å². The first-order valence-electron chi connectivity index (χ1n) is 9.73. The van der Waals surface area contributed by atoms with E-state index in [1.54, 1.807) is 0 Å². The van der Waals surface area contributed by atoms with E-state index in [1.807, 2.05) is 5.32 Å². The number of hydrogen-bond acceptors (Lipinski definition) is 4. The lowest BCUT2D eigenvalue weighted by Gasteiger charge is -2.26. The molecule has 1 saturated heterocycles. The Balaban J connectivity index is 1.73. The number of carbonyl (C=O) groups is 1. The molecule has 1 amide bonds. The van der Waals surface area contributed by atoms with Crippen molar-refractivity contribution in [3.8, 4) is 0 Å². The average molecular weight is 508 g/mol. The SMILES string of the molecule is O=C(C=Cc1ccc(S(=O)(=O)N2CCOCC2)cc1)Nc1cc(C(F)(F)F)cc(C(F)(F)F)c1. The molecule has 0 bridgehead atoms. The van der Waals surface area contributed by atoms with E-state index in [0.717, 1.165) is 6.08 Å². The predicted octanol–water partition coefficient (Wildman–Crippen LogP) is 4.40. The number of hydrogen-bond donors (Lipinski definition) is 1. The van der Waals surface area contributed by atoms with Gasteiger partial charge in [-0.1, -0.05) is 12.1 Å². The molecule has 2 aromatic carbocycles. The molecule has 1 fully saturated rings. The van der Waals surface area contributed by atoms with Gasteiger partial charge >= 0.3 is 12.4 Å². The zero-order chi connectivity index (χ0) is 25.1. The predicted molar refractivity (Wildman–Crippen MR) is 110 cm³/mol. The molecule has 0 radical (unpaired) electrons. The van der Waals surface area contributed by atoms with Gasteiger partial charge in [-0.3, -0.25) is 4.79 Å². The number of nitrogens with one attached hydrogen (secondary N) is 1. The summed E-state index contributed by atoms with van der Waals surface area (Å²) < 4.78 is 109. The van der Waals surface area contributed by atoms with E-state index in [1.165, 1.54) is 34.6 Å². The molecule has 184 valence electrons. The molecular formula is C21H18F6N2O4S. The van der Waals surface area contributed by atoms with Crippen molar-refractivity contribution < 1.29 is 44.3 Å². The summed E-state index contributed by atoms with van der Waals surface area (Å²) >= 11 is 0. The molecule has 34 heavy (non-hydrogen) atoms. The number of benzene rings is 2. The number of morpholine rings is 1. The first-order valence-corrected chi connectivity index (χ1v) is 11.2. The molecule has 2 aromatic rings. The van der Waals surface area contributed by atoms with Gasteiger partial charge in [-0.15, -0.1) is 0 Å². The summed E-state index contributed by atoms with van der Waals surface area (Å²) in [7, 11) is -3.72. The molecule has 0 aliphatic carbocycles. The molecule has 13 heteroatoms. The van der Waals surface area contributed by atoms with Crippen LogP contribution in [-0.4, -0.2) is 44.9 Å². The number of halogens is 6. The number of sulfonamides is 1. The third kappa shape index (κ3) is 6.36. The zero-order valence-electron chi connectivity index (χ0n) is 17.3. The number of anilines is 1. The highest BCUT2D eigenvalue weighted by atomic mass is 32.2. The highest BCUT2D eigenvalue weighted by Gasteiger charge is 2.37. The molecule has 0 unspecified atom stereocenters. The molecule has 1 heterocycles. The molecule has 0 saturated carbocycles. The molecular weight excluding hydrogens is 490 g/mol. The normalized spacial score (nSPS) is 16.1. The first-order chi connectivity index (χ1) is 15.8. The van der Waals surface area contributed by atoms with Crippen molar-refractivity contribution in [1.82, 2.24) is 4.31 Å². The van der Waals surface area contributed by atoms with E-state index in [0.29, 0.717) is 17.7 Å². The van der Waals surface area contributed by atoms with Gasteiger partial charge in [0.05, 0.1) is 29.2 Å². The lowest BCUT2D eigenvalue weighted by Crippen LogP contribution is -2.40. The van der Waals surface area contributed by atoms with Crippen LogP contribution in [0.5, 0.6) is 0 Å². The van der Waals surface area contributed by atoms with Crippen LogP contribution in [0.4, 0.5) is 32.0 Å². The van der Waals surface area contributed by atoms with Crippen LogP contribution in [0.15, 0.2) is 53.4 Å². The van der Waals surface area contributed by atoms with E-state index < -0.39 is 45.1 Å². The number of amides is 1. The molecule has 1 aliphatic heterocycles. The van der Waals surface area contributed by atoms with Crippen LogP contribution in [0.3, 0.4) is 0 Å². The number of nitrogens with zero attached hydrogens (tertiary/aromatic N) is 1. The quantitative estimate of drug-likeness (QED) is 0.480. The van der Waals surface area contributed by atoms with Crippen molar-refractivity contribution in [2.75, 3.05) is 31.6 Å². The third-order valence-corrected chi connectivity index (χ3v) is 6.68. The van der Waals surface area contributed by atoms with Crippen LogP contribution in [0.25, 0.3) is 6.08 Å². The van der Waals surface area contributed by atoms with Gasteiger partial charge in [0, 0.05) is 24.9 Å². The van der Waals surface area contributed by atoms with Crippen LogP contribution < -0.4 is 5.32 Å². The number of alkyl halides is 6. The van der Waals surface area contributed by atoms with Crippen molar-refractivity contribution in [3.05, 3.63) is 65.2 Å². The Bertz CT molecular complexity index is 1140. The largest absolute Gasteiger partial charge is 0.416 e. The first kappa shape index (κ1) is 25.7.